The number of carbonyl (C=O) groups excluding carboxylic acids is 2. The van der Waals surface area contributed by atoms with Gasteiger partial charge in [-0.3, -0.25) is 20.4 Å². The van der Waals surface area contributed by atoms with E-state index in [9.17, 15) is 9.59 Å². The van der Waals surface area contributed by atoms with E-state index in [1.807, 2.05) is 36.4 Å². The number of benzene rings is 2. The third-order valence-corrected chi connectivity index (χ3v) is 6.77. The molecule has 0 radical (unpaired) electrons. The van der Waals surface area contributed by atoms with E-state index in [4.69, 9.17) is 4.98 Å². The highest BCUT2D eigenvalue weighted by Crippen LogP contribution is 2.25. The molecule has 3 heterocycles. The molecule has 0 unspecified atom stereocenters. The van der Waals surface area contributed by atoms with Crippen LogP contribution in [-0.2, 0) is 9.59 Å². The quantitative estimate of drug-likeness (QED) is 0.324. The van der Waals surface area contributed by atoms with Crippen LogP contribution in [0.1, 0.15) is 38.5 Å². The summed E-state index contributed by atoms with van der Waals surface area (Å²) in [5, 5.41) is 12.3. The number of nitrogens with zero attached hydrogens (tertiary/aromatic N) is 3. The Morgan fingerprint density at radius 3 is 1.56 bits per heavy atom. The Kier molecular flexibility index (Phi) is 8.02. The standard InChI is InChI=1S/C27H35N7O2/c35-26(9-11-28-33-13-1-2-14-33)30-22-7-5-20-17-21-6-8-23(19-25(21)32-24(20)18-22)31-27(36)10-12-29-34-15-3-4-16-34/h5-8,17-19,28-29H,1-4,9-16H2,(H,30,35)(H,31,36). The maximum absolute atomic E-state index is 12.4. The van der Waals surface area contributed by atoms with Gasteiger partial charge in [-0.1, -0.05) is 12.1 Å². The third kappa shape index (κ3) is 6.55. The van der Waals surface area contributed by atoms with Gasteiger partial charge in [-0.15, -0.1) is 0 Å². The lowest BCUT2D eigenvalue weighted by Crippen LogP contribution is -2.37. The number of pyridine rings is 1. The van der Waals surface area contributed by atoms with Crippen LogP contribution >= 0.6 is 0 Å². The van der Waals surface area contributed by atoms with Crippen LogP contribution in [-0.4, -0.2) is 66.1 Å². The van der Waals surface area contributed by atoms with E-state index in [1.54, 1.807) is 0 Å². The number of hydrogen-bond donors (Lipinski definition) is 4. The minimum absolute atomic E-state index is 0.0222. The van der Waals surface area contributed by atoms with E-state index in [-0.39, 0.29) is 11.8 Å². The predicted octanol–water partition coefficient (Wildman–Crippen LogP) is 3.25. The molecule has 190 valence electrons. The van der Waals surface area contributed by atoms with E-state index in [1.165, 1.54) is 25.7 Å². The summed E-state index contributed by atoms with van der Waals surface area (Å²) in [5.41, 5.74) is 9.69. The summed E-state index contributed by atoms with van der Waals surface area (Å²) in [6.45, 7) is 5.46. The van der Waals surface area contributed by atoms with Crippen LogP contribution in [0.25, 0.3) is 21.8 Å². The summed E-state index contributed by atoms with van der Waals surface area (Å²) in [7, 11) is 0. The molecule has 4 N–H and O–H groups in total. The van der Waals surface area contributed by atoms with Crippen LogP contribution in [0.4, 0.5) is 11.4 Å². The van der Waals surface area contributed by atoms with Gasteiger partial charge in [0, 0.05) is 74.3 Å². The lowest BCUT2D eigenvalue weighted by molar-refractivity contribution is -0.117. The number of nitrogens with one attached hydrogen (secondary N) is 4. The number of fused-ring (bicyclic) bond motifs is 2. The first-order chi connectivity index (χ1) is 17.6. The third-order valence-electron chi connectivity index (χ3n) is 6.77. The molecule has 2 aliphatic rings. The van der Waals surface area contributed by atoms with E-state index >= 15 is 0 Å². The Morgan fingerprint density at radius 1 is 0.667 bits per heavy atom. The first kappa shape index (κ1) is 24.6. The zero-order chi connectivity index (χ0) is 24.7. The fourth-order valence-corrected chi connectivity index (χ4v) is 4.83. The SMILES string of the molecule is O=C(CCNN1CCCC1)Nc1ccc2cc3ccc(NC(=O)CCNN4CCCC4)cc3nc2c1. The zero-order valence-electron chi connectivity index (χ0n) is 20.7. The number of amides is 2. The molecule has 1 aromatic heterocycles. The molecule has 9 nitrogen and oxygen atoms in total. The van der Waals surface area contributed by atoms with Gasteiger partial charge in [-0.05, 0) is 56.0 Å². The lowest BCUT2D eigenvalue weighted by atomic mass is 10.1. The molecule has 2 amide bonds. The monoisotopic (exact) mass is 489 g/mol. The molecule has 36 heavy (non-hydrogen) atoms. The summed E-state index contributed by atoms with van der Waals surface area (Å²) in [6.07, 6.45) is 5.67. The van der Waals surface area contributed by atoms with E-state index in [0.717, 1.165) is 59.4 Å². The number of carbonyl (C=O) groups is 2. The van der Waals surface area contributed by atoms with Crippen LogP contribution in [0, 0.1) is 0 Å². The fourth-order valence-electron chi connectivity index (χ4n) is 4.83. The highest BCUT2D eigenvalue weighted by Gasteiger charge is 2.13. The van der Waals surface area contributed by atoms with Gasteiger partial charge in [0.05, 0.1) is 11.0 Å². The molecule has 3 aromatic rings. The molecule has 0 spiro atoms. The molecular formula is C27H35N7O2. The number of hydrazine groups is 2. The van der Waals surface area contributed by atoms with Crippen molar-refractivity contribution in [2.24, 2.45) is 0 Å². The van der Waals surface area contributed by atoms with Gasteiger partial charge < -0.3 is 10.6 Å². The van der Waals surface area contributed by atoms with Crippen molar-refractivity contribution in [1.82, 2.24) is 25.9 Å². The Labute approximate surface area is 211 Å². The maximum Gasteiger partial charge on any atom is 0.225 e. The van der Waals surface area contributed by atoms with E-state index < -0.39 is 0 Å². The largest absolute Gasteiger partial charge is 0.326 e. The van der Waals surface area contributed by atoms with E-state index in [2.05, 4.69) is 37.6 Å². The number of aromatic nitrogens is 1. The Bertz CT molecular complexity index is 1130. The zero-order valence-corrected chi connectivity index (χ0v) is 20.7. The number of rotatable bonds is 10. The van der Waals surface area contributed by atoms with Crippen molar-refractivity contribution in [1.29, 1.82) is 0 Å². The summed E-state index contributed by atoms with van der Waals surface area (Å²) in [6, 6.07) is 13.6. The Hall–Kier alpha value is -3.11. The van der Waals surface area contributed by atoms with Crippen molar-refractivity contribution in [3.8, 4) is 0 Å². The van der Waals surface area contributed by atoms with Gasteiger partial charge in [-0.2, -0.15) is 0 Å². The second-order valence-corrected chi connectivity index (χ2v) is 9.60. The van der Waals surface area contributed by atoms with Crippen LogP contribution in [0.15, 0.2) is 42.5 Å². The van der Waals surface area contributed by atoms with Crippen molar-refractivity contribution >= 4 is 45.0 Å². The molecule has 0 aliphatic carbocycles. The molecule has 5 rings (SSSR count). The highest BCUT2D eigenvalue weighted by molar-refractivity contribution is 5.99. The lowest BCUT2D eigenvalue weighted by Gasteiger charge is -2.16. The van der Waals surface area contributed by atoms with Crippen LogP contribution < -0.4 is 21.5 Å². The average molecular weight is 490 g/mol. The summed E-state index contributed by atoms with van der Waals surface area (Å²) in [4.78, 5) is 29.6. The van der Waals surface area contributed by atoms with Gasteiger partial charge in [0.2, 0.25) is 11.8 Å². The molecule has 2 aromatic carbocycles. The normalized spacial score (nSPS) is 16.7. The average Bonchev–Trinajstić information content (AvgIpc) is 3.57. The summed E-state index contributed by atoms with van der Waals surface area (Å²) in [5.74, 6) is -0.0443. The predicted molar refractivity (Wildman–Crippen MR) is 143 cm³/mol. The molecule has 9 heteroatoms. The van der Waals surface area contributed by atoms with Crippen LogP contribution in [0.3, 0.4) is 0 Å². The molecule has 0 bridgehead atoms. The molecule has 2 aliphatic heterocycles. The molecular weight excluding hydrogens is 454 g/mol. The topological polar surface area (TPSA) is 102 Å². The first-order valence-electron chi connectivity index (χ1n) is 13.0. The van der Waals surface area contributed by atoms with E-state index in [0.29, 0.717) is 25.9 Å². The van der Waals surface area contributed by atoms with Crippen molar-refractivity contribution in [2.45, 2.75) is 38.5 Å². The fraction of sp³-hybridized carbons (Fsp3) is 0.444. The molecule has 2 fully saturated rings. The first-order valence-corrected chi connectivity index (χ1v) is 13.0. The Morgan fingerprint density at radius 2 is 1.11 bits per heavy atom. The Balaban J connectivity index is 1.18. The number of hydrogen-bond acceptors (Lipinski definition) is 7. The minimum atomic E-state index is -0.0222. The van der Waals surface area contributed by atoms with Crippen molar-refractivity contribution in [2.75, 3.05) is 49.9 Å². The van der Waals surface area contributed by atoms with Crippen LogP contribution in [0.2, 0.25) is 0 Å². The smallest absolute Gasteiger partial charge is 0.225 e. The van der Waals surface area contributed by atoms with Crippen molar-refractivity contribution < 1.29 is 9.59 Å². The minimum Gasteiger partial charge on any atom is -0.326 e. The van der Waals surface area contributed by atoms with Gasteiger partial charge in [0.15, 0.2) is 0 Å². The highest BCUT2D eigenvalue weighted by atomic mass is 16.2. The van der Waals surface area contributed by atoms with Gasteiger partial charge in [-0.25, -0.2) is 15.0 Å². The van der Waals surface area contributed by atoms with Gasteiger partial charge >= 0.3 is 0 Å². The second-order valence-electron chi connectivity index (χ2n) is 9.60. The van der Waals surface area contributed by atoms with Gasteiger partial charge in [0.25, 0.3) is 0 Å². The second kappa shape index (κ2) is 11.7. The number of anilines is 2. The summed E-state index contributed by atoms with van der Waals surface area (Å²) < 4.78 is 0. The van der Waals surface area contributed by atoms with Crippen LogP contribution in [0.5, 0.6) is 0 Å². The van der Waals surface area contributed by atoms with Crippen molar-refractivity contribution in [3.05, 3.63) is 42.5 Å². The molecule has 0 atom stereocenters. The molecule has 0 saturated carbocycles. The van der Waals surface area contributed by atoms with Gasteiger partial charge in [0.1, 0.15) is 0 Å². The molecule has 2 saturated heterocycles. The van der Waals surface area contributed by atoms with Crippen molar-refractivity contribution in [3.63, 3.8) is 0 Å². The summed E-state index contributed by atoms with van der Waals surface area (Å²) >= 11 is 0. The maximum atomic E-state index is 12.4.